The lowest BCUT2D eigenvalue weighted by Gasteiger charge is -2.21. The van der Waals surface area contributed by atoms with Crippen molar-refractivity contribution in [3.8, 4) is 0 Å². The van der Waals surface area contributed by atoms with Crippen LogP contribution in [0.4, 0.5) is 5.69 Å². The summed E-state index contributed by atoms with van der Waals surface area (Å²) >= 11 is 0. The van der Waals surface area contributed by atoms with E-state index in [4.69, 9.17) is 0 Å². The van der Waals surface area contributed by atoms with Crippen molar-refractivity contribution in [3.63, 3.8) is 0 Å². The predicted octanol–water partition coefficient (Wildman–Crippen LogP) is 3.64. The first kappa shape index (κ1) is 18.5. The first-order valence-corrected chi connectivity index (χ1v) is 8.73. The second-order valence-electron chi connectivity index (χ2n) is 6.35. The molecule has 0 unspecified atom stereocenters. The third-order valence-electron chi connectivity index (χ3n) is 4.46. The summed E-state index contributed by atoms with van der Waals surface area (Å²) in [4.78, 5) is 26.6. The molecule has 1 heterocycles. The zero-order valence-electron chi connectivity index (χ0n) is 14.9. The molecule has 0 spiro atoms. The van der Waals surface area contributed by atoms with Crippen molar-refractivity contribution in [1.82, 2.24) is 0 Å². The number of para-hydroxylation sites is 1. The van der Waals surface area contributed by atoms with E-state index in [1.54, 1.807) is 42.5 Å². The number of allylic oxidation sites excluding steroid dienone is 3. The fourth-order valence-corrected chi connectivity index (χ4v) is 3.19. The second kappa shape index (κ2) is 7.98. The van der Waals surface area contributed by atoms with Crippen LogP contribution in [0.15, 0.2) is 85.5 Å². The number of ketones is 1. The lowest BCUT2D eigenvalue weighted by molar-refractivity contribution is -0.140. The standard InChI is InChI=1S/C23H21NO3/c1-2-16-24-21-15-9-8-14-20(21)23(27,22(24)26)17-19(25)13-7-6-12-18-10-4-3-5-11-18/h2-15,27H,1,16-17H2/b12-6+,13-7+/t23-/m1/s1. The summed E-state index contributed by atoms with van der Waals surface area (Å²) in [5.41, 5.74) is 0.252. The molecular formula is C23H21NO3. The zero-order valence-corrected chi connectivity index (χ0v) is 14.9. The monoisotopic (exact) mass is 359 g/mol. The highest BCUT2D eigenvalue weighted by molar-refractivity contribution is 6.10. The Balaban J connectivity index is 1.75. The number of carbonyl (C=O) groups is 2. The van der Waals surface area contributed by atoms with E-state index in [1.807, 2.05) is 36.4 Å². The summed E-state index contributed by atoms with van der Waals surface area (Å²) in [6, 6.07) is 16.7. The van der Waals surface area contributed by atoms with Gasteiger partial charge in [0.2, 0.25) is 0 Å². The number of amides is 1. The second-order valence-corrected chi connectivity index (χ2v) is 6.35. The van der Waals surface area contributed by atoms with Gasteiger partial charge in [0.15, 0.2) is 11.4 Å². The van der Waals surface area contributed by atoms with Gasteiger partial charge in [-0.3, -0.25) is 9.59 Å². The third-order valence-corrected chi connectivity index (χ3v) is 4.46. The van der Waals surface area contributed by atoms with Crippen LogP contribution in [0, 0.1) is 0 Å². The molecule has 4 nitrogen and oxygen atoms in total. The van der Waals surface area contributed by atoms with Crippen LogP contribution in [0.3, 0.4) is 0 Å². The van der Waals surface area contributed by atoms with Crippen molar-refractivity contribution in [2.45, 2.75) is 12.0 Å². The molecule has 4 heteroatoms. The maximum Gasteiger partial charge on any atom is 0.264 e. The van der Waals surface area contributed by atoms with Crippen molar-refractivity contribution < 1.29 is 14.7 Å². The van der Waals surface area contributed by atoms with E-state index in [-0.39, 0.29) is 18.7 Å². The number of nitrogens with zero attached hydrogens (tertiary/aromatic N) is 1. The fraction of sp³-hybridized carbons (Fsp3) is 0.130. The molecule has 3 rings (SSSR count). The van der Waals surface area contributed by atoms with Crippen molar-refractivity contribution in [1.29, 1.82) is 0 Å². The van der Waals surface area contributed by atoms with E-state index in [0.29, 0.717) is 11.3 Å². The zero-order chi connectivity index (χ0) is 19.3. The van der Waals surface area contributed by atoms with Gasteiger partial charge in [0.05, 0.1) is 12.1 Å². The molecular weight excluding hydrogens is 338 g/mol. The van der Waals surface area contributed by atoms with Crippen LogP contribution in [0.25, 0.3) is 6.08 Å². The Kier molecular flexibility index (Phi) is 5.48. The Hall–Kier alpha value is -3.24. The van der Waals surface area contributed by atoms with Crippen molar-refractivity contribution in [2.24, 2.45) is 0 Å². The maximum atomic E-state index is 12.8. The number of aliphatic hydroxyl groups is 1. The third kappa shape index (κ3) is 3.81. The molecule has 1 aliphatic rings. The van der Waals surface area contributed by atoms with E-state index in [9.17, 15) is 14.7 Å². The molecule has 136 valence electrons. The molecule has 0 radical (unpaired) electrons. The topological polar surface area (TPSA) is 57.6 Å². The molecule has 0 aliphatic carbocycles. The van der Waals surface area contributed by atoms with Gasteiger partial charge >= 0.3 is 0 Å². The summed E-state index contributed by atoms with van der Waals surface area (Å²) in [7, 11) is 0. The normalized spacial score (nSPS) is 19.0. The van der Waals surface area contributed by atoms with Gasteiger partial charge in [0, 0.05) is 12.1 Å². The Bertz CT molecular complexity index is 914. The number of anilines is 1. The quantitative estimate of drug-likeness (QED) is 0.466. The molecule has 2 aromatic carbocycles. The van der Waals surface area contributed by atoms with E-state index in [1.165, 1.54) is 11.0 Å². The Morgan fingerprint density at radius 3 is 2.52 bits per heavy atom. The summed E-state index contributed by atoms with van der Waals surface area (Å²) in [5, 5.41) is 11.0. The first-order valence-electron chi connectivity index (χ1n) is 8.73. The van der Waals surface area contributed by atoms with Crippen LogP contribution in [0.1, 0.15) is 17.5 Å². The minimum absolute atomic E-state index is 0.280. The largest absolute Gasteiger partial charge is 0.375 e. The molecule has 0 saturated heterocycles. The molecule has 1 amide bonds. The summed E-state index contributed by atoms with van der Waals surface area (Å²) < 4.78 is 0. The maximum absolute atomic E-state index is 12.8. The SMILES string of the molecule is C=CCN1C(=O)[C@@](O)(CC(=O)/C=C/C=C/c2ccccc2)c2ccccc21. The summed E-state index contributed by atoms with van der Waals surface area (Å²) in [6.07, 6.45) is 7.92. The van der Waals surface area contributed by atoms with Gasteiger partial charge in [-0.25, -0.2) is 0 Å². The lowest BCUT2D eigenvalue weighted by Crippen LogP contribution is -2.41. The lowest BCUT2D eigenvalue weighted by atomic mass is 9.90. The van der Waals surface area contributed by atoms with Crippen LogP contribution in [-0.2, 0) is 15.2 Å². The Labute approximate surface area is 158 Å². The minimum Gasteiger partial charge on any atom is -0.375 e. The van der Waals surface area contributed by atoms with Crippen molar-refractivity contribution in [3.05, 3.63) is 96.6 Å². The highest BCUT2D eigenvalue weighted by Gasteiger charge is 2.50. The van der Waals surface area contributed by atoms with Crippen LogP contribution in [0.5, 0.6) is 0 Å². The number of carbonyl (C=O) groups excluding carboxylic acids is 2. The Morgan fingerprint density at radius 1 is 1.07 bits per heavy atom. The molecule has 1 atom stereocenters. The molecule has 0 bridgehead atoms. The number of rotatable bonds is 7. The van der Waals surface area contributed by atoms with Gasteiger partial charge in [-0.1, -0.05) is 72.8 Å². The van der Waals surface area contributed by atoms with Gasteiger partial charge in [0.1, 0.15) is 0 Å². The van der Waals surface area contributed by atoms with Crippen molar-refractivity contribution >= 4 is 23.5 Å². The van der Waals surface area contributed by atoms with Crippen LogP contribution in [0.2, 0.25) is 0 Å². The smallest absolute Gasteiger partial charge is 0.264 e. The van der Waals surface area contributed by atoms with E-state index in [0.717, 1.165) is 5.56 Å². The molecule has 1 N–H and O–H groups in total. The number of hydrogen-bond donors (Lipinski definition) is 1. The number of fused-ring (bicyclic) bond motifs is 1. The number of hydrogen-bond acceptors (Lipinski definition) is 3. The van der Waals surface area contributed by atoms with Gasteiger partial charge in [-0.15, -0.1) is 6.58 Å². The minimum atomic E-state index is -1.84. The van der Waals surface area contributed by atoms with Crippen molar-refractivity contribution in [2.75, 3.05) is 11.4 Å². The highest BCUT2D eigenvalue weighted by atomic mass is 16.3. The molecule has 0 fully saturated rings. The van der Waals surface area contributed by atoms with Gasteiger partial charge in [0.25, 0.3) is 5.91 Å². The first-order chi connectivity index (χ1) is 13.1. The molecule has 27 heavy (non-hydrogen) atoms. The molecule has 2 aromatic rings. The van der Waals surface area contributed by atoms with E-state index >= 15 is 0 Å². The Morgan fingerprint density at radius 2 is 1.78 bits per heavy atom. The molecule has 0 aromatic heterocycles. The van der Waals surface area contributed by atoms with Gasteiger partial charge < -0.3 is 10.0 Å². The van der Waals surface area contributed by atoms with Crippen LogP contribution in [-0.4, -0.2) is 23.3 Å². The summed E-state index contributed by atoms with van der Waals surface area (Å²) in [5.74, 6) is -0.816. The van der Waals surface area contributed by atoms with E-state index in [2.05, 4.69) is 6.58 Å². The van der Waals surface area contributed by atoms with Gasteiger partial charge in [-0.2, -0.15) is 0 Å². The van der Waals surface area contributed by atoms with E-state index < -0.39 is 11.5 Å². The van der Waals surface area contributed by atoms with Crippen LogP contribution < -0.4 is 4.90 Å². The van der Waals surface area contributed by atoms with Gasteiger partial charge in [-0.05, 0) is 17.7 Å². The molecule has 0 saturated carbocycles. The predicted molar refractivity (Wildman–Crippen MR) is 107 cm³/mol. The fourth-order valence-electron chi connectivity index (χ4n) is 3.19. The average Bonchev–Trinajstić information content (AvgIpc) is 2.89. The highest BCUT2D eigenvalue weighted by Crippen LogP contribution is 2.42. The van der Waals surface area contributed by atoms with Crippen LogP contribution >= 0.6 is 0 Å². The number of benzene rings is 2. The summed E-state index contributed by atoms with van der Waals surface area (Å²) in [6.45, 7) is 3.93. The molecule has 1 aliphatic heterocycles. The average molecular weight is 359 g/mol.